The number of pyridine rings is 1. The molecule has 17 heavy (non-hydrogen) atoms. The monoisotopic (exact) mass is 247 g/mol. The fourth-order valence-electron chi connectivity index (χ4n) is 1.28. The Balaban J connectivity index is 2.49. The Hall–Kier alpha value is -1.79. The lowest BCUT2D eigenvalue weighted by Crippen LogP contribution is -2.14. The van der Waals surface area contributed by atoms with Crippen LogP contribution in [0.2, 0.25) is 0 Å². The number of rotatable bonds is 3. The van der Waals surface area contributed by atoms with Crippen molar-refractivity contribution in [3.63, 3.8) is 0 Å². The number of halogens is 3. The number of hydrogen-bond acceptors (Lipinski definition) is 3. The van der Waals surface area contributed by atoms with Crippen molar-refractivity contribution in [2.75, 3.05) is 0 Å². The Bertz CT molecular complexity index is 455. The molecular formula is C10H8F3NO3. The molecule has 1 heterocycles. The predicted molar refractivity (Wildman–Crippen MR) is 49.8 cm³/mol. The summed E-state index contributed by atoms with van der Waals surface area (Å²) in [6.07, 6.45) is -2.30. The summed E-state index contributed by atoms with van der Waals surface area (Å²) in [5, 5.41) is 8.80. The van der Waals surface area contributed by atoms with Crippen LogP contribution in [-0.2, 0) is 6.18 Å². The highest BCUT2D eigenvalue weighted by molar-refractivity contribution is 5.91. The lowest BCUT2D eigenvalue weighted by molar-refractivity contribution is -0.139. The van der Waals surface area contributed by atoms with Gasteiger partial charge in [0.25, 0.3) is 0 Å². The average Bonchev–Trinajstić information content (AvgIpc) is 3.00. The summed E-state index contributed by atoms with van der Waals surface area (Å²) in [5.74, 6) is -2.12. The van der Waals surface area contributed by atoms with Gasteiger partial charge in [-0.1, -0.05) is 0 Å². The van der Waals surface area contributed by atoms with Gasteiger partial charge in [0, 0.05) is 12.4 Å². The molecule has 2 rings (SSSR count). The standard InChI is InChI=1S/C10H8F3NO3/c11-10(12,13)7-4-14-3-6(9(15)16)8(7)17-5-1-2-5/h3-5H,1-2H2,(H,15,16). The van der Waals surface area contributed by atoms with Crippen LogP contribution in [0.25, 0.3) is 0 Å². The van der Waals surface area contributed by atoms with E-state index in [0.717, 1.165) is 6.20 Å². The fraction of sp³-hybridized carbons (Fsp3) is 0.400. The topological polar surface area (TPSA) is 59.4 Å². The van der Waals surface area contributed by atoms with Gasteiger partial charge in [-0.3, -0.25) is 4.98 Å². The zero-order valence-corrected chi connectivity index (χ0v) is 8.49. The van der Waals surface area contributed by atoms with Gasteiger partial charge in [-0.2, -0.15) is 13.2 Å². The summed E-state index contributed by atoms with van der Waals surface area (Å²) in [6.45, 7) is 0. The lowest BCUT2D eigenvalue weighted by Gasteiger charge is -2.14. The molecule has 1 aromatic rings. The van der Waals surface area contributed by atoms with E-state index >= 15 is 0 Å². The van der Waals surface area contributed by atoms with Crippen molar-refractivity contribution >= 4 is 5.97 Å². The van der Waals surface area contributed by atoms with Gasteiger partial charge in [-0.25, -0.2) is 4.79 Å². The number of carboxylic acid groups (broad SMARTS) is 1. The Kier molecular flexibility index (Phi) is 2.68. The molecule has 1 aliphatic rings. The molecule has 1 N–H and O–H groups in total. The van der Waals surface area contributed by atoms with E-state index < -0.39 is 29.0 Å². The Morgan fingerprint density at radius 1 is 1.41 bits per heavy atom. The van der Waals surface area contributed by atoms with Gasteiger partial charge in [0.2, 0.25) is 0 Å². The largest absolute Gasteiger partial charge is 0.489 e. The third-order valence-corrected chi connectivity index (χ3v) is 2.24. The summed E-state index contributed by atoms with van der Waals surface area (Å²) in [7, 11) is 0. The molecule has 0 atom stereocenters. The highest BCUT2D eigenvalue weighted by atomic mass is 19.4. The lowest BCUT2D eigenvalue weighted by atomic mass is 10.1. The van der Waals surface area contributed by atoms with E-state index in [2.05, 4.69) is 4.98 Å². The molecule has 7 heteroatoms. The van der Waals surface area contributed by atoms with Crippen LogP contribution in [0.4, 0.5) is 13.2 Å². The van der Waals surface area contributed by atoms with Crippen molar-refractivity contribution in [1.29, 1.82) is 0 Å². The van der Waals surface area contributed by atoms with Crippen LogP contribution in [0, 0.1) is 0 Å². The van der Waals surface area contributed by atoms with Crippen molar-refractivity contribution < 1.29 is 27.8 Å². The minimum absolute atomic E-state index is 0.323. The molecule has 0 bridgehead atoms. The molecule has 0 saturated heterocycles. The number of hydrogen-bond donors (Lipinski definition) is 1. The van der Waals surface area contributed by atoms with Crippen LogP contribution in [0.15, 0.2) is 12.4 Å². The molecule has 0 unspecified atom stereocenters. The van der Waals surface area contributed by atoms with Crippen LogP contribution in [-0.4, -0.2) is 22.2 Å². The minimum Gasteiger partial charge on any atom is -0.489 e. The fourth-order valence-corrected chi connectivity index (χ4v) is 1.28. The third-order valence-electron chi connectivity index (χ3n) is 2.24. The second-order valence-electron chi connectivity index (χ2n) is 3.68. The molecule has 0 amide bonds. The van der Waals surface area contributed by atoms with Gasteiger partial charge >= 0.3 is 12.1 Å². The summed E-state index contributed by atoms with van der Waals surface area (Å²) in [6, 6.07) is 0. The van der Waals surface area contributed by atoms with Crippen molar-refractivity contribution in [3.05, 3.63) is 23.5 Å². The summed E-state index contributed by atoms with van der Waals surface area (Å²) < 4.78 is 43.0. The SMILES string of the molecule is O=C(O)c1cncc(C(F)(F)F)c1OC1CC1. The molecule has 1 fully saturated rings. The predicted octanol–water partition coefficient (Wildman–Crippen LogP) is 2.34. The Morgan fingerprint density at radius 3 is 2.53 bits per heavy atom. The first kappa shape index (κ1) is 11.7. The number of carbonyl (C=O) groups is 1. The number of carboxylic acids is 1. The van der Waals surface area contributed by atoms with Gasteiger partial charge in [0.1, 0.15) is 16.9 Å². The normalized spacial score (nSPS) is 15.7. The minimum atomic E-state index is -4.68. The van der Waals surface area contributed by atoms with Crippen molar-refractivity contribution in [2.24, 2.45) is 0 Å². The summed E-state index contributed by atoms with van der Waals surface area (Å²) in [4.78, 5) is 14.1. The van der Waals surface area contributed by atoms with Gasteiger partial charge < -0.3 is 9.84 Å². The smallest absolute Gasteiger partial charge is 0.421 e. The first-order valence-corrected chi connectivity index (χ1v) is 4.84. The second-order valence-corrected chi connectivity index (χ2v) is 3.68. The van der Waals surface area contributed by atoms with Gasteiger partial charge in [0.05, 0.1) is 6.10 Å². The van der Waals surface area contributed by atoms with Gasteiger partial charge in [0.15, 0.2) is 0 Å². The zero-order chi connectivity index (χ0) is 12.6. The number of aromatic carboxylic acids is 1. The molecule has 1 aromatic heterocycles. The van der Waals surface area contributed by atoms with E-state index in [0.29, 0.717) is 19.0 Å². The maximum Gasteiger partial charge on any atom is 0.421 e. The van der Waals surface area contributed by atoms with E-state index in [4.69, 9.17) is 9.84 Å². The number of nitrogens with zero attached hydrogens (tertiary/aromatic N) is 1. The summed E-state index contributed by atoms with van der Waals surface area (Å²) >= 11 is 0. The average molecular weight is 247 g/mol. The molecule has 0 spiro atoms. The zero-order valence-electron chi connectivity index (χ0n) is 8.49. The van der Waals surface area contributed by atoms with Gasteiger partial charge in [-0.05, 0) is 12.8 Å². The quantitative estimate of drug-likeness (QED) is 0.890. The van der Waals surface area contributed by atoms with Crippen LogP contribution < -0.4 is 4.74 Å². The van der Waals surface area contributed by atoms with Crippen LogP contribution >= 0.6 is 0 Å². The highest BCUT2D eigenvalue weighted by Crippen LogP contribution is 2.40. The Morgan fingerprint density at radius 2 is 2.06 bits per heavy atom. The maximum atomic E-state index is 12.6. The third kappa shape index (κ3) is 2.48. The van der Waals surface area contributed by atoms with Crippen molar-refractivity contribution in [2.45, 2.75) is 25.1 Å². The maximum absolute atomic E-state index is 12.6. The Labute approximate surface area is 94.0 Å². The molecule has 0 aromatic carbocycles. The van der Waals surface area contributed by atoms with E-state index in [1.54, 1.807) is 0 Å². The number of aromatic nitrogens is 1. The second kappa shape index (κ2) is 3.90. The molecule has 1 saturated carbocycles. The molecular weight excluding hydrogens is 239 g/mol. The van der Waals surface area contributed by atoms with Crippen LogP contribution in [0.3, 0.4) is 0 Å². The van der Waals surface area contributed by atoms with Crippen LogP contribution in [0.1, 0.15) is 28.8 Å². The van der Waals surface area contributed by atoms with E-state index in [1.165, 1.54) is 0 Å². The number of alkyl halides is 3. The molecule has 0 radical (unpaired) electrons. The number of ether oxygens (including phenoxy) is 1. The van der Waals surface area contributed by atoms with Crippen molar-refractivity contribution in [1.82, 2.24) is 4.98 Å². The van der Waals surface area contributed by atoms with E-state index in [-0.39, 0.29) is 6.10 Å². The van der Waals surface area contributed by atoms with E-state index in [1.807, 2.05) is 0 Å². The summed E-state index contributed by atoms with van der Waals surface area (Å²) in [5.41, 5.74) is -1.71. The first-order chi connectivity index (χ1) is 7.89. The van der Waals surface area contributed by atoms with Crippen molar-refractivity contribution in [3.8, 4) is 5.75 Å². The first-order valence-electron chi connectivity index (χ1n) is 4.84. The van der Waals surface area contributed by atoms with Gasteiger partial charge in [-0.15, -0.1) is 0 Å². The highest BCUT2D eigenvalue weighted by Gasteiger charge is 2.39. The molecule has 92 valence electrons. The molecule has 4 nitrogen and oxygen atoms in total. The van der Waals surface area contributed by atoms with Crippen LogP contribution in [0.5, 0.6) is 5.75 Å². The molecule has 1 aliphatic carbocycles. The molecule has 0 aliphatic heterocycles. The van der Waals surface area contributed by atoms with E-state index in [9.17, 15) is 18.0 Å².